The summed E-state index contributed by atoms with van der Waals surface area (Å²) < 4.78 is 0. The van der Waals surface area contributed by atoms with E-state index in [2.05, 4.69) is 0 Å². The number of carbonyl (C=O) groups is 4. The molecule has 5 unspecified atom stereocenters. The fraction of sp³-hybridized carbons (Fsp3) is 0.844. The van der Waals surface area contributed by atoms with Gasteiger partial charge in [0.1, 0.15) is 11.6 Å². The molecule has 393 valence electrons. The van der Waals surface area contributed by atoms with E-state index in [0.717, 1.165) is 81.5 Å². The zero-order valence-corrected chi connectivity index (χ0v) is 47.7. The maximum absolute atomic E-state index is 12.6. The smallest absolute Gasteiger partial charge is 1.00 e. The van der Waals surface area contributed by atoms with Crippen molar-refractivity contribution in [2.45, 2.75) is 295 Å². The van der Waals surface area contributed by atoms with Crippen molar-refractivity contribution in [1.82, 2.24) is 0 Å². The largest absolute Gasteiger partial charge is 1.00 e. The second-order valence-corrected chi connectivity index (χ2v) is 24.9. The summed E-state index contributed by atoms with van der Waals surface area (Å²) in [5.41, 5.74) is 8.15. The van der Waals surface area contributed by atoms with Gasteiger partial charge in [0, 0.05) is 40.9 Å². The number of aliphatic hydroxyl groups excluding tert-OH is 1. The monoisotopic (exact) mass is 986 g/mol. The summed E-state index contributed by atoms with van der Waals surface area (Å²) in [6, 6.07) is 0. The van der Waals surface area contributed by atoms with Crippen LogP contribution < -0.4 is 29.6 Å². The molecule has 0 aromatic rings. The Morgan fingerprint density at radius 2 is 0.676 bits per heavy atom. The number of rotatable bonds is 4. The van der Waals surface area contributed by atoms with Crippen LogP contribution in [-0.4, -0.2) is 42.8 Å². The minimum atomic E-state index is 0. The molecule has 0 spiro atoms. The van der Waals surface area contributed by atoms with Gasteiger partial charge in [0.2, 0.25) is 0 Å². The van der Waals surface area contributed by atoms with Crippen molar-refractivity contribution in [1.29, 1.82) is 0 Å². The van der Waals surface area contributed by atoms with Crippen LogP contribution >= 0.6 is 0 Å². The average Bonchev–Trinajstić information content (AvgIpc) is 4.23. The quantitative estimate of drug-likeness (QED) is 0.224. The third kappa shape index (κ3) is 16.7. The summed E-state index contributed by atoms with van der Waals surface area (Å²) >= 11 is 0. The molecule has 12 aliphatic carbocycles. The molecule has 0 amide bonds. The summed E-state index contributed by atoms with van der Waals surface area (Å²) in [5.74, 6) is 7.61. The van der Waals surface area contributed by atoms with Gasteiger partial charge in [-0.05, 0) is 219 Å². The van der Waals surface area contributed by atoms with E-state index in [1.54, 1.807) is 0 Å². The fourth-order valence-corrected chi connectivity index (χ4v) is 16.6. The molecular weight excluding hydrogens is 883 g/mol. The minimum absolute atomic E-state index is 0. The second-order valence-electron chi connectivity index (χ2n) is 24.9. The van der Waals surface area contributed by atoms with Crippen LogP contribution in [0, 0.1) is 47.3 Å². The first-order valence-corrected chi connectivity index (χ1v) is 30.8. The molecule has 3 radical (unpaired) electrons. The SMILES string of the molecule is O=C1C(=C2CCCCC2)CCC1=C1CCCC1.O=C1C(C2CCCCC2)CCC1C1CCCC1.O=C1CCCC1=C1CCCC1.O=C1CCCCC1.OC1C(C2CCCCC2)CCC1C1CCCC1.[B].[H-].[HH].[Na+]. The van der Waals surface area contributed by atoms with Gasteiger partial charge in [-0.25, -0.2) is 0 Å². The number of Topliss-reactive ketones (excluding diaryl/α,β-unsaturated/α-hetero) is 4. The Hall–Kier alpha value is -1.08. The molecule has 1 N–H and O–H groups in total. The number of carbonyl (C=O) groups excluding carboxylic acids is 4. The predicted octanol–water partition coefficient (Wildman–Crippen LogP) is 14.1. The molecule has 5 atom stereocenters. The van der Waals surface area contributed by atoms with Crippen LogP contribution in [0.25, 0.3) is 0 Å². The van der Waals surface area contributed by atoms with Crippen molar-refractivity contribution in [2.24, 2.45) is 47.3 Å². The first-order valence-electron chi connectivity index (χ1n) is 30.8. The normalized spacial score (nSPS) is 31.1. The summed E-state index contributed by atoms with van der Waals surface area (Å²) in [5, 5.41) is 10.7. The standard InChI is InChI=1S/C16H28O.C16H26O.C16H22O.C10H14O.C6H10O.B.Na.H2.H/c3*17-16-14(12-6-2-1-3-7-12)10-11-15(16)13-8-4-5-9-13;11-10-7-3-6-9(10)8-4-1-2-5-8;7-6-4-2-1-3-5-6;;;;/h12-17H,1-11H2;12-15H,1-11H2;1-11H2;1-7H2;1-5H2;;;1H;/q;;;;;;+1;;-1. The van der Waals surface area contributed by atoms with Gasteiger partial charge in [-0.1, -0.05) is 119 Å². The molecule has 12 rings (SSSR count). The maximum Gasteiger partial charge on any atom is 1.00 e. The van der Waals surface area contributed by atoms with Gasteiger partial charge in [0.25, 0.3) is 0 Å². The molecule has 0 aromatic carbocycles. The zero-order valence-electron chi connectivity index (χ0n) is 46.7. The third-order valence-electron chi connectivity index (χ3n) is 20.6. The molecule has 0 aliphatic heterocycles. The second kappa shape index (κ2) is 31.2. The first-order chi connectivity index (χ1) is 33.9. The van der Waals surface area contributed by atoms with Crippen LogP contribution in [0.4, 0.5) is 0 Å². The molecule has 7 heteroatoms. The zero-order chi connectivity index (χ0) is 47.8. The molecular formula is C64H103BNaO5. The van der Waals surface area contributed by atoms with Crippen molar-refractivity contribution in [3.8, 4) is 0 Å². The Morgan fingerprint density at radius 3 is 1.04 bits per heavy atom. The van der Waals surface area contributed by atoms with E-state index >= 15 is 0 Å². The fourth-order valence-electron chi connectivity index (χ4n) is 16.6. The van der Waals surface area contributed by atoms with Crippen LogP contribution in [0.3, 0.4) is 0 Å². The van der Waals surface area contributed by atoms with Crippen LogP contribution in [-0.2, 0) is 19.2 Å². The van der Waals surface area contributed by atoms with Gasteiger partial charge in [0.05, 0.1) is 6.10 Å². The van der Waals surface area contributed by atoms with Gasteiger partial charge in [-0.2, -0.15) is 0 Å². The van der Waals surface area contributed by atoms with Crippen molar-refractivity contribution in [3.05, 3.63) is 33.4 Å². The van der Waals surface area contributed by atoms with E-state index in [1.165, 1.54) is 265 Å². The average molecular weight is 986 g/mol. The van der Waals surface area contributed by atoms with Crippen LogP contribution in [0.15, 0.2) is 33.4 Å². The summed E-state index contributed by atoms with van der Waals surface area (Å²) in [4.78, 5) is 46.8. The summed E-state index contributed by atoms with van der Waals surface area (Å²) in [6.45, 7) is 0. The number of hydrogen-bond donors (Lipinski definition) is 1. The van der Waals surface area contributed by atoms with E-state index < -0.39 is 0 Å². The summed E-state index contributed by atoms with van der Waals surface area (Å²) in [7, 11) is 0. The van der Waals surface area contributed by atoms with E-state index in [-0.39, 0.29) is 46.9 Å². The van der Waals surface area contributed by atoms with Crippen LogP contribution in [0.5, 0.6) is 0 Å². The minimum Gasteiger partial charge on any atom is -1.00 e. The van der Waals surface area contributed by atoms with Gasteiger partial charge in [-0.3, -0.25) is 19.2 Å². The predicted molar refractivity (Wildman–Crippen MR) is 292 cm³/mol. The van der Waals surface area contributed by atoms with Crippen molar-refractivity contribution >= 4 is 31.5 Å². The van der Waals surface area contributed by atoms with Gasteiger partial charge >= 0.3 is 29.6 Å². The van der Waals surface area contributed by atoms with E-state index in [9.17, 15) is 24.3 Å². The van der Waals surface area contributed by atoms with Crippen molar-refractivity contribution in [3.63, 3.8) is 0 Å². The van der Waals surface area contributed by atoms with Crippen LogP contribution in [0.1, 0.15) is 292 Å². The Bertz CT molecular complexity index is 1770. The molecule has 0 saturated heterocycles. The third-order valence-corrected chi connectivity index (χ3v) is 20.6. The Balaban J connectivity index is 0.000000200. The number of ketones is 4. The maximum atomic E-state index is 12.6. The van der Waals surface area contributed by atoms with Crippen molar-refractivity contribution in [2.75, 3.05) is 0 Å². The number of hydrogen-bond acceptors (Lipinski definition) is 5. The molecule has 12 aliphatic rings. The van der Waals surface area contributed by atoms with Gasteiger partial charge in [0.15, 0.2) is 11.6 Å². The Labute approximate surface area is 461 Å². The molecule has 0 bridgehead atoms. The first kappa shape index (κ1) is 59.2. The Kier molecular flexibility index (Phi) is 26.0. The van der Waals surface area contributed by atoms with E-state index in [0.29, 0.717) is 46.8 Å². The van der Waals surface area contributed by atoms with Gasteiger partial charge in [-0.15, -0.1) is 0 Å². The van der Waals surface area contributed by atoms with Gasteiger partial charge < -0.3 is 6.53 Å². The van der Waals surface area contributed by atoms with Crippen molar-refractivity contribution < 1.29 is 56.7 Å². The molecule has 0 heterocycles. The Morgan fingerprint density at radius 1 is 0.338 bits per heavy atom. The topological polar surface area (TPSA) is 88.5 Å². The molecule has 71 heavy (non-hydrogen) atoms. The number of aliphatic hydroxyl groups is 1. The molecule has 12 fully saturated rings. The van der Waals surface area contributed by atoms with E-state index in [1.807, 2.05) is 0 Å². The van der Waals surface area contributed by atoms with E-state index in [4.69, 9.17) is 0 Å². The van der Waals surface area contributed by atoms with Crippen LogP contribution in [0.2, 0.25) is 0 Å². The molecule has 0 aromatic heterocycles. The number of allylic oxidation sites excluding steroid dienone is 6. The molecule has 5 nitrogen and oxygen atoms in total. The summed E-state index contributed by atoms with van der Waals surface area (Å²) in [6.07, 6.45) is 56.9. The molecule has 12 saturated carbocycles.